The Kier molecular flexibility index (Phi) is 4.38. The second-order valence-electron chi connectivity index (χ2n) is 4.87. The molecule has 1 aliphatic rings. The molecule has 0 aliphatic carbocycles. The topological polar surface area (TPSA) is 79.7 Å². The average Bonchev–Trinajstić information content (AvgIpc) is 2.81. The Balaban J connectivity index is 1.82. The van der Waals surface area contributed by atoms with E-state index in [-0.39, 0.29) is 5.76 Å². The van der Waals surface area contributed by atoms with E-state index in [0.29, 0.717) is 6.54 Å². The number of likely N-dealkylation sites (tertiary alicyclic amines) is 1. The molecule has 2 heterocycles. The van der Waals surface area contributed by atoms with Gasteiger partial charge in [-0.1, -0.05) is 0 Å². The maximum absolute atomic E-state index is 10.7. The monoisotopic (exact) mass is 252 g/mol. The van der Waals surface area contributed by atoms with Gasteiger partial charge >= 0.3 is 5.97 Å². The van der Waals surface area contributed by atoms with Crippen LogP contribution in [0.25, 0.3) is 0 Å². The number of rotatable bonds is 5. The van der Waals surface area contributed by atoms with Crippen molar-refractivity contribution in [1.82, 2.24) is 4.90 Å². The van der Waals surface area contributed by atoms with Gasteiger partial charge in [0.2, 0.25) is 5.76 Å². The van der Waals surface area contributed by atoms with Gasteiger partial charge in [-0.25, -0.2) is 4.79 Å². The van der Waals surface area contributed by atoms with Crippen LogP contribution >= 0.6 is 0 Å². The number of furan rings is 1. The van der Waals surface area contributed by atoms with Crippen molar-refractivity contribution in [1.29, 1.82) is 0 Å². The highest BCUT2D eigenvalue weighted by molar-refractivity contribution is 5.84. The summed E-state index contributed by atoms with van der Waals surface area (Å²) in [5, 5.41) is 8.78. The van der Waals surface area contributed by atoms with Gasteiger partial charge in [-0.3, -0.25) is 4.90 Å². The van der Waals surface area contributed by atoms with E-state index < -0.39 is 5.97 Å². The van der Waals surface area contributed by atoms with Gasteiger partial charge in [0, 0.05) is 0 Å². The maximum Gasteiger partial charge on any atom is 0.371 e. The quantitative estimate of drug-likeness (QED) is 0.831. The van der Waals surface area contributed by atoms with E-state index in [1.54, 1.807) is 6.07 Å². The van der Waals surface area contributed by atoms with Gasteiger partial charge < -0.3 is 15.3 Å². The average molecular weight is 252 g/mol. The van der Waals surface area contributed by atoms with Crippen molar-refractivity contribution in [3.63, 3.8) is 0 Å². The zero-order chi connectivity index (χ0) is 13.0. The van der Waals surface area contributed by atoms with Crippen LogP contribution in [-0.4, -0.2) is 35.6 Å². The number of aromatic carboxylic acids is 1. The van der Waals surface area contributed by atoms with E-state index >= 15 is 0 Å². The molecule has 0 radical (unpaired) electrons. The molecule has 2 rings (SSSR count). The molecule has 0 atom stereocenters. The summed E-state index contributed by atoms with van der Waals surface area (Å²) in [6.45, 7) is 3.54. The summed E-state index contributed by atoms with van der Waals surface area (Å²) in [5.74, 6) is 0.480. The lowest BCUT2D eigenvalue weighted by molar-refractivity contribution is 0.0657. The predicted molar refractivity (Wildman–Crippen MR) is 67.3 cm³/mol. The molecule has 1 aromatic heterocycles. The summed E-state index contributed by atoms with van der Waals surface area (Å²) in [4.78, 5) is 13.0. The van der Waals surface area contributed by atoms with E-state index in [0.717, 1.165) is 37.7 Å². The highest BCUT2D eigenvalue weighted by Gasteiger charge is 2.19. The first-order chi connectivity index (χ1) is 8.69. The van der Waals surface area contributed by atoms with Crippen molar-refractivity contribution in [2.45, 2.75) is 25.8 Å². The first-order valence-electron chi connectivity index (χ1n) is 6.43. The van der Waals surface area contributed by atoms with Gasteiger partial charge in [0.05, 0.1) is 6.54 Å². The molecule has 0 spiro atoms. The summed E-state index contributed by atoms with van der Waals surface area (Å²) in [6.07, 6.45) is 3.45. The Morgan fingerprint density at radius 2 is 2.17 bits per heavy atom. The number of hydrogen-bond acceptors (Lipinski definition) is 4. The third-order valence-corrected chi connectivity index (χ3v) is 3.53. The molecular weight excluding hydrogens is 232 g/mol. The SMILES string of the molecule is NCCC1CCN(Cc2ccc(C(=O)O)o2)CC1. The van der Waals surface area contributed by atoms with Crippen LogP contribution in [-0.2, 0) is 6.54 Å². The van der Waals surface area contributed by atoms with Gasteiger partial charge in [-0.2, -0.15) is 0 Å². The molecule has 0 unspecified atom stereocenters. The minimum Gasteiger partial charge on any atom is -0.475 e. The van der Waals surface area contributed by atoms with Crippen LogP contribution in [0.1, 0.15) is 35.6 Å². The molecule has 0 amide bonds. The molecular formula is C13H20N2O3. The Morgan fingerprint density at radius 1 is 1.44 bits per heavy atom. The standard InChI is InChI=1S/C13H20N2O3/c14-6-3-10-4-7-15(8-5-10)9-11-1-2-12(18-11)13(16)17/h1-2,10H,3-9,14H2,(H,16,17). The molecule has 1 aliphatic heterocycles. The predicted octanol–water partition coefficient (Wildman–Crippen LogP) is 1.54. The lowest BCUT2D eigenvalue weighted by atomic mass is 9.93. The molecule has 100 valence electrons. The Morgan fingerprint density at radius 3 is 2.72 bits per heavy atom. The lowest BCUT2D eigenvalue weighted by Gasteiger charge is -2.31. The van der Waals surface area contributed by atoms with Crippen molar-refractivity contribution in [2.24, 2.45) is 11.7 Å². The van der Waals surface area contributed by atoms with Gasteiger partial charge in [0.1, 0.15) is 5.76 Å². The zero-order valence-corrected chi connectivity index (χ0v) is 10.5. The number of nitrogens with two attached hydrogens (primary N) is 1. The van der Waals surface area contributed by atoms with Gasteiger partial charge in [-0.05, 0) is 56.9 Å². The summed E-state index contributed by atoms with van der Waals surface area (Å²) in [5.41, 5.74) is 5.56. The van der Waals surface area contributed by atoms with Crippen LogP contribution in [0.15, 0.2) is 16.5 Å². The smallest absolute Gasteiger partial charge is 0.371 e. The summed E-state index contributed by atoms with van der Waals surface area (Å²) < 4.78 is 5.26. The van der Waals surface area contributed by atoms with Crippen LogP contribution < -0.4 is 5.73 Å². The van der Waals surface area contributed by atoms with E-state index in [1.165, 1.54) is 18.9 Å². The molecule has 3 N–H and O–H groups in total. The van der Waals surface area contributed by atoms with Crippen molar-refractivity contribution in [3.05, 3.63) is 23.7 Å². The second kappa shape index (κ2) is 6.02. The minimum absolute atomic E-state index is 0.0167. The van der Waals surface area contributed by atoms with Crippen LogP contribution in [0, 0.1) is 5.92 Å². The first kappa shape index (κ1) is 13.1. The number of nitrogens with zero attached hydrogens (tertiary/aromatic N) is 1. The van der Waals surface area contributed by atoms with Crippen LogP contribution in [0.2, 0.25) is 0 Å². The summed E-state index contributed by atoms with van der Waals surface area (Å²) in [6, 6.07) is 3.26. The van der Waals surface area contributed by atoms with Crippen molar-refractivity contribution >= 4 is 5.97 Å². The molecule has 5 heteroatoms. The minimum atomic E-state index is -1.01. The van der Waals surface area contributed by atoms with E-state index in [4.69, 9.17) is 15.3 Å². The van der Waals surface area contributed by atoms with Crippen molar-refractivity contribution in [2.75, 3.05) is 19.6 Å². The maximum atomic E-state index is 10.7. The van der Waals surface area contributed by atoms with Crippen molar-refractivity contribution < 1.29 is 14.3 Å². The van der Waals surface area contributed by atoms with Gasteiger partial charge in [0.15, 0.2) is 0 Å². The molecule has 1 saturated heterocycles. The van der Waals surface area contributed by atoms with Gasteiger partial charge in [-0.15, -0.1) is 0 Å². The fourth-order valence-corrected chi connectivity index (χ4v) is 2.47. The Labute approximate surface area is 107 Å². The Hall–Kier alpha value is -1.33. The highest BCUT2D eigenvalue weighted by atomic mass is 16.4. The number of carbonyl (C=O) groups is 1. The Bertz CT molecular complexity index is 395. The molecule has 1 fully saturated rings. The van der Waals surface area contributed by atoms with Crippen LogP contribution in [0.5, 0.6) is 0 Å². The number of piperidine rings is 1. The zero-order valence-electron chi connectivity index (χ0n) is 10.5. The third kappa shape index (κ3) is 3.34. The molecule has 0 saturated carbocycles. The molecule has 5 nitrogen and oxygen atoms in total. The third-order valence-electron chi connectivity index (χ3n) is 3.53. The summed E-state index contributed by atoms with van der Waals surface area (Å²) >= 11 is 0. The molecule has 0 bridgehead atoms. The number of carboxylic acid groups (broad SMARTS) is 1. The fourth-order valence-electron chi connectivity index (χ4n) is 2.47. The highest BCUT2D eigenvalue weighted by Crippen LogP contribution is 2.21. The number of hydrogen-bond donors (Lipinski definition) is 2. The second-order valence-corrected chi connectivity index (χ2v) is 4.87. The largest absolute Gasteiger partial charge is 0.475 e. The first-order valence-corrected chi connectivity index (χ1v) is 6.43. The fraction of sp³-hybridized carbons (Fsp3) is 0.615. The van der Waals surface area contributed by atoms with E-state index in [1.807, 2.05) is 0 Å². The van der Waals surface area contributed by atoms with Crippen LogP contribution in [0.3, 0.4) is 0 Å². The normalized spacial score (nSPS) is 18.1. The van der Waals surface area contributed by atoms with E-state index in [2.05, 4.69) is 4.90 Å². The lowest BCUT2D eigenvalue weighted by Crippen LogP contribution is -2.33. The molecule has 1 aromatic rings. The summed E-state index contributed by atoms with van der Waals surface area (Å²) in [7, 11) is 0. The van der Waals surface area contributed by atoms with Gasteiger partial charge in [0.25, 0.3) is 0 Å². The molecule has 0 aromatic carbocycles. The van der Waals surface area contributed by atoms with E-state index in [9.17, 15) is 4.79 Å². The molecule has 18 heavy (non-hydrogen) atoms. The van der Waals surface area contributed by atoms with Crippen LogP contribution in [0.4, 0.5) is 0 Å². The van der Waals surface area contributed by atoms with Crippen molar-refractivity contribution in [3.8, 4) is 0 Å². The number of carboxylic acids is 1.